The lowest BCUT2D eigenvalue weighted by molar-refractivity contribution is -0.377. The van der Waals surface area contributed by atoms with Crippen molar-refractivity contribution in [1.29, 1.82) is 0 Å². The van der Waals surface area contributed by atoms with Gasteiger partial charge in [0.1, 0.15) is 54.9 Å². The van der Waals surface area contributed by atoms with Crippen molar-refractivity contribution in [1.82, 2.24) is 0 Å². The summed E-state index contributed by atoms with van der Waals surface area (Å²) in [5.41, 5.74) is -2.68. The third-order valence-electron chi connectivity index (χ3n) is 19.5. The predicted molar refractivity (Wildman–Crippen MR) is 231 cm³/mol. The molecule has 10 N–H and O–H groups in total. The molecule has 0 amide bonds. The Bertz CT molecular complexity index is 1950. The maximum absolute atomic E-state index is 13.2. The molecule has 7 fully saturated rings. The molecule has 0 aromatic heterocycles. The first-order valence-electron chi connectivity index (χ1n) is 24.3. The first-order valence-corrected chi connectivity index (χ1v) is 24.3. The van der Waals surface area contributed by atoms with Crippen LogP contribution in [0.1, 0.15) is 106 Å². The zero-order valence-corrected chi connectivity index (χ0v) is 40.0. The number of aliphatic hydroxyl groups is 8. The highest BCUT2D eigenvalue weighted by Crippen LogP contribution is 2.76. The molecular weight excluding hydrogens is 897 g/mol. The maximum atomic E-state index is 13.2. The highest BCUT2D eigenvalue weighted by molar-refractivity contribution is 5.80. The number of allylic oxidation sites excluding steroid dienone is 2. The molecule has 20 heteroatoms. The molecule has 386 valence electrons. The van der Waals surface area contributed by atoms with E-state index in [2.05, 4.69) is 26.8 Å². The van der Waals surface area contributed by atoms with Gasteiger partial charge >= 0.3 is 17.9 Å². The van der Waals surface area contributed by atoms with Gasteiger partial charge in [0, 0.05) is 5.41 Å². The number of hydrogen-bond acceptors (Lipinski definition) is 18. The molecule has 0 radical (unpaired) electrons. The first-order chi connectivity index (χ1) is 31.8. The normalized spacial score (nSPS) is 53.7. The van der Waals surface area contributed by atoms with Crippen molar-refractivity contribution >= 4 is 17.9 Å². The number of carboxylic acids is 2. The molecule has 3 heterocycles. The van der Waals surface area contributed by atoms with Gasteiger partial charge in [-0.15, -0.1) is 0 Å². The highest BCUT2D eigenvalue weighted by Gasteiger charge is 2.71. The number of aliphatic hydroxyl groups excluding tert-OH is 8. The minimum atomic E-state index is -2.04. The number of ether oxygens (including phenoxy) is 7. The van der Waals surface area contributed by atoms with E-state index in [9.17, 15) is 65.4 Å². The van der Waals surface area contributed by atoms with Crippen molar-refractivity contribution in [2.45, 2.75) is 198 Å². The van der Waals surface area contributed by atoms with Gasteiger partial charge in [-0.3, -0.25) is 9.59 Å². The Morgan fingerprint density at radius 2 is 1.35 bits per heavy atom. The lowest BCUT2D eigenvalue weighted by Crippen LogP contribution is -2.68. The molecule has 0 aromatic rings. The second kappa shape index (κ2) is 18.3. The minimum absolute atomic E-state index is 0.100. The molecule has 24 atom stereocenters. The number of aliphatic carboxylic acids is 2. The monoisotopic (exact) mass is 970 g/mol. The molecule has 3 aliphatic heterocycles. The molecule has 0 aromatic carbocycles. The number of carboxylic acid groups (broad SMARTS) is 2. The van der Waals surface area contributed by atoms with Crippen LogP contribution in [0.25, 0.3) is 0 Å². The van der Waals surface area contributed by atoms with E-state index in [-0.39, 0.29) is 46.6 Å². The SMILES string of the molecule is COC(=O)[C@@]1(C)CC[C@]2(C(=O)O)CC[C@]3(C)C(=CC[C@@H]4[C@@]5(C)CC[C@H](O[C@@H]6O[C@H](C(=O)O)[C@@H](O)[C@H](O[C@@H]7O[C@@H](C)[C@H](O)[C@@H](O[C@@H]8OC[C@@H](O)[C@H](O)[C@H]8O)[C@H]7O)[C@H]6O)[C@@](C)(CO)[C@@H]5CC[C@]43C)[C@@H]2C1. The van der Waals surface area contributed by atoms with Gasteiger partial charge < -0.3 is 84.2 Å². The molecular formula is C48H74O20. The third-order valence-corrected chi connectivity index (χ3v) is 19.5. The van der Waals surface area contributed by atoms with E-state index in [0.29, 0.717) is 57.8 Å². The van der Waals surface area contributed by atoms with Crippen LogP contribution in [0.2, 0.25) is 0 Å². The molecule has 68 heavy (non-hydrogen) atoms. The Kier molecular flexibility index (Phi) is 13.9. The van der Waals surface area contributed by atoms with Gasteiger partial charge in [0.15, 0.2) is 25.0 Å². The smallest absolute Gasteiger partial charge is 0.335 e. The summed E-state index contributed by atoms with van der Waals surface area (Å²) < 4.78 is 40.3. The lowest BCUT2D eigenvalue weighted by atomic mass is 9.33. The Hall–Kier alpha value is -2.41. The Morgan fingerprint density at radius 3 is 1.99 bits per heavy atom. The number of methoxy groups -OCH3 is 1. The average Bonchev–Trinajstić information content (AvgIpc) is 3.29. The summed E-state index contributed by atoms with van der Waals surface area (Å²) >= 11 is 0. The topological polar surface area (TPSA) is 318 Å². The molecule has 3 saturated heterocycles. The molecule has 5 aliphatic carbocycles. The van der Waals surface area contributed by atoms with Crippen molar-refractivity contribution < 1.29 is 98.6 Å². The Balaban J connectivity index is 1.02. The number of fused-ring (bicyclic) bond motifs is 7. The zero-order valence-electron chi connectivity index (χ0n) is 40.0. The maximum Gasteiger partial charge on any atom is 0.335 e. The van der Waals surface area contributed by atoms with Gasteiger partial charge in [-0.1, -0.05) is 39.3 Å². The minimum Gasteiger partial charge on any atom is -0.481 e. The molecule has 8 aliphatic rings. The van der Waals surface area contributed by atoms with Crippen LogP contribution in [-0.4, -0.2) is 181 Å². The van der Waals surface area contributed by atoms with Crippen LogP contribution in [0, 0.1) is 50.2 Å². The van der Waals surface area contributed by atoms with Crippen molar-refractivity contribution in [3.63, 3.8) is 0 Å². The molecule has 8 rings (SSSR count). The van der Waals surface area contributed by atoms with Crippen LogP contribution in [0.15, 0.2) is 11.6 Å². The van der Waals surface area contributed by atoms with E-state index in [1.807, 2.05) is 13.8 Å². The highest BCUT2D eigenvalue weighted by atomic mass is 16.8. The summed E-state index contributed by atoms with van der Waals surface area (Å²) in [6.45, 7) is 11.3. The number of rotatable bonds is 10. The second-order valence-electron chi connectivity index (χ2n) is 22.8. The summed E-state index contributed by atoms with van der Waals surface area (Å²) in [7, 11) is 1.37. The fourth-order valence-corrected chi connectivity index (χ4v) is 15.1. The average molecular weight is 971 g/mol. The Labute approximate surface area is 395 Å². The van der Waals surface area contributed by atoms with Crippen LogP contribution < -0.4 is 0 Å². The number of carbonyl (C=O) groups is 3. The van der Waals surface area contributed by atoms with Crippen molar-refractivity contribution in [2.75, 3.05) is 20.3 Å². The quantitative estimate of drug-likeness (QED) is 0.0814. The third kappa shape index (κ3) is 7.81. The molecule has 4 saturated carbocycles. The standard InChI is InChI=1S/C48H74O20/c1-21-28(51)34(66-38-30(53)29(52)24(50)19-63-38)32(55)39(64-21)67-35-31(54)36(37(57)58)68-40(33(35)56)65-27-11-12-44(3)25(45(27,4)20-49)10-13-47(6)26(44)9-8-22-23-18-43(2,42(61)62-7)14-16-48(23,41(59)60)17-15-46(22,47)5/h8,21,23-36,38-40,49-56H,9-20H2,1-7H3,(H,57,58)(H,59,60)/t21-,23-,24+,25+,26+,27-,28-,29-,30+,31-,32+,33+,34+,35-,36-,38-,39-,40+,43-,44-,45-,46+,47+,48-/m0/s1. The summed E-state index contributed by atoms with van der Waals surface area (Å²) in [6.07, 6.45) is -17.0. The number of hydrogen-bond donors (Lipinski definition) is 10. The predicted octanol–water partition coefficient (Wildman–Crippen LogP) is 0.591. The fourth-order valence-electron chi connectivity index (χ4n) is 15.1. The van der Waals surface area contributed by atoms with E-state index in [1.165, 1.54) is 14.0 Å². The summed E-state index contributed by atoms with van der Waals surface area (Å²) in [5, 5.41) is 109. The van der Waals surface area contributed by atoms with Gasteiger partial charge in [-0.2, -0.15) is 0 Å². The number of esters is 1. The summed E-state index contributed by atoms with van der Waals surface area (Å²) in [6, 6.07) is 0. The summed E-state index contributed by atoms with van der Waals surface area (Å²) in [4.78, 5) is 39.0. The molecule has 20 nitrogen and oxygen atoms in total. The second-order valence-corrected chi connectivity index (χ2v) is 22.8. The van der Waals surface area contributed by atoms with E-state index < -0.39 is 127 Å². The van der Waals surface area contributed by atoms with E-state index >= 15 is 0 Å². The lowest BCUT2D eigenvalue weighted by Gasteiger charge is -2.71. The van der Waals surface area contributed by atoms with Gasteiger partial charge in [-0.05, 0) is 112 Å². The van der Waals surface area contributed by atoms with Crippen molar-refractivity contribution in [3.8, 4) is 0 Å². The van der Waals surface area contributed by atoms with Crippen LogP contribution in [0.5, 0.6) is 0 Å². The largest absolute Gasteiger partial charge is 0.481 e. The van der Waals surface area contributed by atoms with Crippen molar-refractivity contribution in [2.24, 2.45) is 50.2 Å². The van der Waals surface area contributed by atoms with E-state index in [4.69, 9.17) is 33.2 Å². The zero-order chi connectivity index (χ0) is 49.8. The first kappa shape index (κ1) is 51.9. The van der Waals surface area contributed by atoms with Gasteiger partial charge in [0.25, 0.3) is 0 Å². The fraction of sp³-hybridized carbons (Fsp3) is 0.896. The van der Waals surface area contributed by atoms with Gasteiger partial charge in [0.05, 0.1) is 43.4 Å². The number of carbonyl (C=O) groups excluding carboxylic acids is 1. The van der Waals surface area contributed by atoms with E-state index in [1.54, 1.807) is 0 Å². The molecule has 0 spiro atoms. The van der Waals surface area contributed by atoms with Crippen LogP contribution in [-0.2, 0) is 47.5 Å². The summed E-state index contributed by atoms with van der Waals surface area (Å²) in [5.74, 6) is -3.14. The van der Waals surface area contributed by atoms with Gasteiger partial charge in [0.2, 0.25) is 0 Å². The van der Waals surface area contributed by atoms with Crippen LogP contribution >= 0.6 is 0 Å². The Morgan fingerprint density at radius 1 is 0.721 bits per heavy atom. The molecule has 0 bridgehead atoms. The molecule has 0 unspecified atom stereocenters. The van der Waals surface area contributed by atoms with Crippen LogP contribution in [0.4, 0.5) is 0 Å². The van der Waals surface area contributed by atoms with Gasteiger partial charge in [-0.25, -0.2) is 4.79 Å². The van der Waals surface area contributed by atoms with Crippen molar-refractivity contribution in [3.05, 3.63) is 11.6 Å². The van der Waals surface area contributed by atoms with Crippen LogP contribution in [0.3, 0.4) is 0 Å². The van der Waals surface area contributed by atoms with E-state index in [0.717, 1.165) is 12.0 Å².